The smallest absolute Gasteiger partial charge is 0.0279 e. The van der Waals surface area contributed by atoms with Gasteiger partial charge in [0.15, 0.2) is 0 Å². The van der Waals surface area contributed by atoms with Gasteiger partial charge in [0.2, 0.25) is 0 Å². The van der Waals surface area contributed by atoms with E-state index in [0.29, 0.717) is 4.75 Å². The van der Waals surface area contributed by atoms with Gasteiger partial charge in [-0.3, -0.25) is 0 Å². The lowest BCUT2D eigenvalue weighted by Gasteiger charge is -2.34. The first-order valence-electron chi connectivity index (χ1n) is 7.86. The lowest BCUT2D eigenvalue weighted by Crippen LogP contribution is -2.41. The van der Waals surface area contributed by atoms with E-state index in [9.17, 15) is 0 Å². The highest BCUT2D eigenvalue weighted by Crippen LogP contribution is 2.33. The molecule has 19 heavy (non-hydrogen) atoms. The number of hydrogen-bond acceptors (Lipinski definition) is 3. The van der Waals surface area contributed by atoms with Crippen molar-refractivity contribution in [3.8, 4) is 0 Å². The zero-order valence-corrected chi connectivity index (χ0v) is 14.7. The van der Waals surface area contributed by atoms with Gasteiger partial charge in [0.1, 0.15) is 0 Å². The van der Waals surface area contributed by atoms with Crippen LogP contribution in [0.2, 0.25) is 0 Å². The van der Waals surface area contributed by atoms with Crippen LogP contribution in [0, 0.1) is 5.92 Å². The molecule has 1 aliphatic heterocycles. The molecular weight excluding hydrogens is 252 g/mol. The molecule has 1 aliphatic rings. The summed E-state index contributed by atoms with van der Waals surface area (Å²) < 4.78 is 0.479. The fourth-order valence-corrected chi connectivity index (χ4v) is 3.80. The Labute approximate surface area is 125 Å². The van der Waals surface area contributed by atoms with E-state index in [2.05, 4.69) is 62.9 Å². The molecule has 0 saturated carbocycles. The number of thioether (sulfide) groups is 1. The molecule has 0 amide bonds. The molecule has 114 valence electrons. The van der Waals surface area contributed by atoms with Crippen molar-refractivity contribution in [2.24, 2.45) is 5.92 Å². The van der Waals surface area contributed by atoms with E-state index >= 15 is 0 Å². The zero-order valence-electron chi connectivity index (χ0n) is 13.9. The maximum Gasteiger partial charge on any atom is 0.0279 e. The van der Waals surface area contributed by atoms with E-state index in [1.54, 1.807) is 0 Å². The van der Waals surface area contributed by atoms with E-state index in [1.165, 1.54) is 45.4 Å². The van der Waals surface area contributed by atoms with Gasteiger partial charge in [-0.1, -0.05) is 13.8 Å². The quantitative estimate of drug-likeness (QED) is 0.769. The van der Waals surface area contributed by atoms with Crippen LogP contribution >= 0.6 is 11.8 Å². The molecule has 1 fully saturated rings. The summed E-state index contributed by atoms with van der Waals surface area (Å²) in [6.07, 6.45) is 6.21. The Morgan fingerprint density at radius 2 is 1.84 bits per heavy atom. The molecule has 3 heteroatoms. The fourth-order valence-electron chi connectivity index (χ4n) is 2.91. The average molecular weight is 287 g/mol. The summed E-state index contributed by atoms with van der Waals surface area (Å²) in [5.41, 5.74) is 0.253. The summed E-state index contributed by atoms with van der Waals surface area (Å²) in [5.74, 6) is 0.840. The molecule has 1 heterocycles. The minimum absolute atomic E-state index is 0.253. The van der Waals surface area contributed by atoms with Crippen molar-refractivity contribution in [3.05, 3.63) is 0 Å². The number of rotatable bonds is 7. The largest absolute Gasteiger partial charge is 0.312 e. The predicted octanol–water partition coefficient (Wildman–Crippen LogP) is 3.62. The SMILES string of the molecule is CCC(CC)(CN1CCC(CNC(C)(C)C)C1)SC. The summed E-state index contributed by atoms with van der Waals surface area (Å²) >= 11 is 2.07. The van der Waals surface area contributed by atoms with Crippen molar-refractivity contribution < 1.29 is 0 Å². The monoisotopic (exact) mass is 286 g/mol. The highest BCUT2D eigenvalue weighted by atomic mass is 32.2. The van der Waals surface area contributed by atoms with Gasteiger partial charge in [-0.05, 0) is 65.3 Å². The van der Waals surface area contributed by atoms with Crippen LogP contribution in [0.4, 0.5) is 0 Å². The van der Waals surface area contributed by atoms with Gasteiger partial charge in [-0.25, -0.2) is 0 Å². The number of nitrogens with zero attached hydrogens (tertiary/aromatic N) is 1. The van der Waals surface area contributed by atoms with Crippen LogP contribution in [0.3, 0.4) is 0 Å². The zero-order chi connectivity index (χ0) is 14.5. The van der Waals surface area contributed by atoms with E-state index in [0.717, 1.165) is 5.92 Å². The number of likely N-dealkylation sites (tertiary alicyclic amines) is 1. The van der Waals surface area contributed by atoms with Crippen molar-refractivity contribution in [2.45, 2.75) is 64.2 Å². The average Bonchev–Trinajstić information content (AvgIpc) is 2.80. The minimum Gasteiger partial charge on any atom is -0.312 e. The summed E-state index contributed by atoms with van der Waals surface area (Å²) in [5, 5.41) is 3.66. The molecular formula is C16H34N2S. The number of nitrogens with one attached hydrogen (secondary N) is 1. The third kappa shape index (κ3) is 5.65. The molecule has 0 radical (unpaired) electrons. The third-order valence-electron chi connectivity index (χ3n) is 4.52. The molecule has 0 aliphatic carbocycles. The van der Waals surface area contributed by atoms with Gasteiger partial charge in [-0.2, -0.15) is 11.8 Å². The van der Waals surface area contributed by atoms with Gasteiger partial charge in [0, 0.05) is 23.4 Å². The van der Waals surface area contributed by atoms with Crippen LogP contribution < -0.4 is 5.32 Å². The highest BCUT2D eigenvalue weighted by molar-refractivity contribution is 8.00. The Kier molecular flexibility index (Phi) is 6.68. The molecule has 2 nitrogen and oxygen atoms in total. The topological polar surface area (TPSA) is 15.3 Å². The Morgan fingerprint density at radius 1 is 1.21 bits per heavy atom. The lowest BCUT2D eigenvalue weighted by atomic mass is 10.0. The summed E-state index contributed by atoms with van der Waals surface area (Å²) in [6.45, 7) is 16.5. The molecule has 0 aromatic heterocycles. The highest BCUT2D eigenvalue weighted by Gasteiger charge is 2.31. The molecule has 1 N–H and O–H groups in total. The maximum absolute atomic E-state index is 3.66. The van der Waals surface area contributed by atoms with Crippen LogP contribution in [0.5, 0.6) is 0 Å². The second-order valence-electron chi connectivity index (χ2n) is 7.11. The molecule has 1 saturated heterocycles. The first-order valence-corrected chi connectivity index (χ1v) is 9.09. The van der Waals surface area contributed by atoms with Crippen LogP contribution in [-0.4, -0.2) is 47.6 Å². The summed E-state index contributed by atoms with van der Waals surface area (Å²) in [4.78, 5) is 2.69. The van der Waals surface area contributed by atoms with Crippen molar-refractivity contribution in [1.29, 1.82) is 0 Å². The number of hydrogen-bond donors (Lipinski definition) is 1. The Hall–Kier alpha value is 0.270. The van der Waals surface area contributed by atoms with Gasteiger partial charge in [0.05, 0.1) is 0 Å². The molecule has 1 rings (SSSR count). The van der Waals surface area contributed by atoms with Gasteiger partial charge in [0.25, 0.3) is 0 Å². The molecule has 0 aromatic rings. The van der Waals surface area contributed by atoms with Crippen molar-refractivity contribution in [2.75, 3.05) is 32.4 Å². The predicted molar refractivity (Wildman–Crippen MR) is 89.1 cm³/mol. The third-order valence-corrected chi connectivity index (χ3v) is 6.10. The van der Waals surface area contributed by atoms with Crippen molar-refractivity contribution in [3.63, 3.8) is 0 Å². The van der Waals surface area contributed by atoms with E-state index in [4.69, 9.17) is 0 Å². The Morgan fingerprint density at radius 3 is 2.32 bits per heavy atom. The van der Waals surface area contributed by atoms with E-state index in [1.807, 2.05) is 0 Å². The van der Waals surface area contributed by atoms with Crippen LogP contribution in [-0.2, 0) is 0 Å². The second kappa shape index (κ2) is 7.33. The van der Waals surface area contributed by atoms with Crippen LogP contribution in [0.15, 0.2) is 0 Å². The van der Waals surface area contributed by atoms with Crippen LogP contribution in [0.25, 0.3) is 0 Å². The van der Waals surface area contributed by atoms with Gasteiger partial charge in [-0.15, -0.1) is 0 Å². The fraction of sp³-hybridized carbons (Fsp3) is 1.00. The molecule has 1 atom stereocenters. The standard InChI is InChI=1S/C16H34N2S/c1-7-16(8-2,19-6)13-18-10-9-14(12-18)11-17-15(3,4)5/h14,17H,7-13H2,1-6H3. The normalized spacial score (nSPS) is 22.1. The van der Waals surface area contributed by atoms with Crippen molar-refractivity contribution >= 4 is 11.8 Å². The summed E-state index contributed by atoms with van der Waals surface area (Å²) in [6, 6.07) is 0. The van der Waals surface area contributed by atoms with Gasteiger partial charge >= 0.3 is 0 Å². The summed E-state index contributed by atoms with van der Waals surface area (Å²) in [7, 11) is 0. The Bertz CT molecular complexity index is 248. The molecule has 0 spiro atoms. The Balaban J connectivity index is 2.39. The molecule has 0 bridgehead atoms. The lowest BCUT2D eigenvalue weighted by molar-refractivity contribution is 0.274. The minimum atomic E-state index is 0.253. The second-order valence-corrected chi connectivity index (χ2v) is 8.39. The van der Waals surface area contributed by atoms with Crippen molar-refractivity contribution in [1.82, 2.24) is 10.2 Å². The molecule has 1 unspecified atom stereocenters. The van der Waals surface area contributed by atoms with E-state index in [-0.39, 0.29) is 5.54 Å². The first kappa shape index (κ1) is 17.3. The molecule has 0 aromatic carbocycles. The maximum atomic E-state index is 3.66. The first-order chi connectivity index (χ1) is 8.84. The van der Waals surface area contributed by atoms with Gasteiger partial charge < -0.3 is 10.2 Å². The van der Waals surface area contributed by atoms with E-state index < -0.39 is 0 Å². The van der Waals surface area contributed by atoms with Crippen LogP contribution in [0.1, 0.15) is 53.9 Å².